The van der Waals surface area contributed by atoms with Gasteiger partial charge in [0.25, 0.3) is 0 Å². The maximum absolute atomic E-state index is 13.6. The summed E-state index contributed by atoms with van der Waals surface area (Å²) in [7, 11) is 1.77. The lowest BCUT2D eigenvalue weighted by atomic mass is 10.1. The van der Waals surface area contributed by atoms with Crippen molar-refractivity contribution < 1.29 is 4.39 Å². The monoisotopic (exact) mass is 434 g/mol. The smallest absolute Gasteiger partial charge is 0.191 e. The highest BCUT2D eigenvalue weighted by atomic mass is 127. The van der Waals surface area contributed by atoms with Crippen LogP contribution in [0.2, 0.25) is 0 Å². The number of nitrogens with one attached hydrogen (secondary N) is 2. The van der Waals surface area contributed by atoms with E-state index < -0.39 is 0 Å². The van der Waals surface area contributed by atoms with E-state index in [0.717, 1.165) is 24.6 Å². The van der Waals surface area contributed by atoms with Crippen LogP contribution in [0, 0.1) is 5.82 Å². The third kappa shape index (κ3) is 6.25. The summed E-state index contributed by atoms with van der Waals surface area (Å²) in [4.78, 5) is 6.74. The fourth-order valence-electron chi connectivity index (χ4n) is 2.99. The fraction of sp³-hybridized carbons (Fsp3) is 0.588. The summed E-state index contributed by atoms with van der Waals surface area (Å²) in [6, 6.07) is 7.50. The molecule has 0 aliphatic carbocycles. The molecule has 1 aromatic rings. The molecule has 1 heterocycles. The number of hydrogen-bond donors (Lipinski definition) is 2. The van der Waals surface area contributed by atoms with E-state index in [1.165, 1.54) is 25.5 Å². The van der Waals surface area contributed by atoms with Crippen molar-refractivity contribution in [1.29, 1.82) is 0 Å². The van der Waals surface area contributed by atoms with Crippen LogP contribution in [0.5, 0.6) is 0 Å². The number of likely N-dealkylation sites (tertiary alicyclic amines) is 1. The highest BCUT2D eigenvalue weighted by Gasteiger charge is 2.22. The van der Waals surface area contributed by atoms with Crippen LogP contribution >= 0.6 is 24.0 Å². The number of aliphatic imine (C=N–C) groups is 1. The van der Waals surface area contributed by atoms with Gasteiger partial charge >= 0.3 is 0 Å². The van der Waals surface area contributed by atoms with Crippen molar-refractivity contribution in [1.82, 2.24) is 15.5 Å². The minimum atomic E-state index is -0.142. The van der Waals surface area contributed by atoms with Gasteiger partial charge in [0.1, 0.15) is 5.82 Å². The average molecular weight is 434 g/mol. The Hall–Kier alpha value is -0.890. The molecule has 130 valence electrons. The van der Waals surface area contributed by atoms with Crippen LogP contribution in [0.25, 0.3) is 0 Å². The zero-order valence-corrected chi connectivity index (χ0v) is 16.3. The zero-order valence-electron chi connectivity index (χ0n) is 14.0. The number of nitrogens with zero attached hydrogens (tertiary/aromatic N) is 2. The Morgan fingerprint density at radius 3 is 2.83 bits per heavy atom. The standard InChI is InChI=1S/C17H27FN4.HI/c1-3-22-12-6-8-15(22)13-21-17(19-2)20-11-10-14-7-4-5-9-16(14)18;/h4-5,7,9,15H,3,6,8,10-13H2,1-2H3,(H2,19,20,21);1H. The van der Waals surface area contributed by atoms with Gasteiger partial charge in [-0.2, -0.15) is 0 Å². The highest BCUT2D eigenvalue weighted by molar-refractivity contribution is 14.0. The maximum atomic E-state index is 13.6. The minimum Gasteiger partial charge on any atom is -0.356 e. The van der Waals surface area contributed by atoms with E-state index in [4.69, 9.17) is 0 Å². The van der Waals surface area contributed by atoms with Gasteiger partial charge in [0.2, 0.25) is 0 Å². The molecule has 2 N–H and O–H groups in total. The molecule has 0 radical (unpaired) electrons. The molecular weight excluding hydrogens is 406 g/mol. The molecule has 0 bridgehead atoms. The Kier molecular flexibility index (Phi) is 9.47. The molecule has 1 fully saturated rings. The van der Waals surface area contributed by atoms with E-state index in [2.05, 4.69) is 27.4 Å². The third-order valence-electron chi connectivity index (χ3n) is 4.28. The number of guanidine groups is 1. The fourth-order valence-corrected chi connectivity index (χ4v) is 2.99. The summed E-state index contributed by atoms with van der Waals surface area (Å²) in [5, 5.41) is 6.64. The molecular formula is C17H28FIN4. The number of benzene rings is 1. The molecule has 1 unspecified atom stereocenters. The van der Waals surface area contributed by atoms with E-state index in [9.17, 15) is 4.39 Å². The lowest BCUT2D eigenvalue weighted by molar-refractivity contribution is 0.267. The van der Waals surface area contributed by atoms with Crippen molar-refractivity contribution in [3.8, 4) is 0 Å². The Morgan fingerprint density at radius 2 is 2.13 bits per heavy atom. The largest absolute Gasteiger partial charge is 0.356 e. The molecule has 1 aliphatic rings. The Balaban J connectivity index is 0.00000264. The van der Waals surface area contributed by atoms with Crippen LogP contribution in [-0.2, 0) is 6.42 Å². The summed E-state index contributed by atoms with van der Waals surface area (Å²) in [6.45, 7) is 6.09. The summed E-state index contributed by atoms with van der Waals surface area (Å²) in [5.74, 6) is 0.649. The summed E-state index contributed by atoms with van der Waals surface area (Å²) < 4.78 is 13.6. The Bertz CT molecular complexity index is 495. The predicted octanol–water partition coefficient (Wildman–Crippen LogP) is 2.64. The molecule has 0 amide bonds. The molecule has 1 aliphatic heterocycles. The summed E-state index contributed by atoms with van der Waals surface area (Å²) >= 11 is 0. The molecule has 6 heteroatoms. The second-order valence-electron chi connectivity index (χ2n) is 5.65. The van der Waals surface area contributed by atoms with E-state index in [1.807, 2.05) is 12.1 Å². The summed E-state index contributed by atoms with van der Waals surface area (Å²) in [5.41, 5.74) is 0.735. The van der Waals surface area contributed by atoms with E-state index in [0.29, 0.717) is 19.0 Å². The first-order valence-electron chi connectivity index (χ1n) is 8.16. The van der Waals surface area contributed by atoms with Gasteiger partial charge in [-0.1, -0.05) is 25.1 Å². The van der Waals surface area contributed by atoms with Gasteiger partial charge in [0.05, 0.1) is 0 Å². The number of halogens is 2. The third-order valence-corrected chi connectivity index (χ3v) is 4.28. The Labute approximate surface area is 156 Å². The first kappa shape index (κ1) is 20.2. The molecule has 23 heavy (non-hydrogen) atoms. The van der Waals surface area contributed by atoms with Crippen molar-refractivity contribution in [2.45, 2.75) is 32.2 Å². The van der Waals surface area contributed by atoms with E-state index in [-0.39, 0.29) is 29.8 Å². The van der Waals surface area contributed by atoms with Gasteiger partial charge in [-0.3, -0.25) is 9.89 Å². The van der Waals surface area contributed by atoms with Gasteiger partial charge in [-0.25, -0.2) is 4.39 Å². The van der Waals surface area contributed by atoms with Gasteiger partial charge in [0, 0.05) is 26.2 Å². The van der Waals surface area contributed by atoms with Gasteiger partial charge in [-0.15, -0.1) is 24.0 Å². The van der Waals surface area contributed by atoms with Crippen LogP contribution in [0.3, 0.4) is 0 Å². The molecule has 1 saturated heterocycles. The number of rotatable bonds is 6. The van der Waals surface area contributed by atoms with Crippen LogP contribution in [0.15, 0.2) is 29.3 Å². The second-order valence-corrected chi connectivity index (χ2v) is 5.65. The van der Waals surface area contributed by atoms with Crippen molar-refractivity contribution in [3.63, 3.8) is 0 Å². The molecule has 0 saturated carbocycles. The van der Waals surface area contributed by atoms with Crippen molar-refractivity contribution >= 4 is 29.9 Å². The Morgan fingerprint density at radius 1 is 1.35 bits per heavy atom. The molecule has 1 atom stereocenters. The van der Waals surface area contributed by atoms with Gasteiger partial charge in [0.15, 0.2) is 5.96 Å². The van der Waals surface area contributed by atoms with Crippen LogP contribution < -0.4 is 10.6 Å². The molecule has 0 aromatic heterocycles. The molecule has 1 aromatic carbocycles. The maximum Gasteiger partial charge on any atom is 0.191 e. The van der Waals surface area contributed by atoms with Crippen molar-refractivity contribution in [3.05, 3.63) is 35.6 Å². The topological polar surface area (TPSA) is 39.7 Å². The SMILES string of the molecule is CCN1CCCC1CNC(=NC)NCCc1ccccc1F.I. The van der Waals surface area contributed by atoms with Gasteiger partial charge in [-0.05, 0) is 44.0 Å². The first-order valence-corrected chi connectivity index (χ1v) is 8.16. The molecule has 2 rings (SSSR count). The predicted molar refractivity (Wildman–Crippen MR) is 105 cm³/mol. The van der Waals surface area contributed by atoms with Crippen LogP contribution in [-0.4, -0.2) is 50.1 Å². The molecule has 4 nitrogen and oxygen atoms in total. The van der Waals surface area contributed by atoms with E-state index in [1.54, 1.807) is 13.1 Å². The second kappa shape index (κ2) is 10.8. The lowest BCUT2D eigenvalue weighted by Crippen LogP contribution is -2.45. The van der Waals surface area contributed by atoms with Crippen molar-refractivity contribution in [2.24, 2.45) is 4.99 Å². The van der Waals surface area contributed by atoms with Crippen LogP contribution in [0.1, 0.15) is 25.3 Å². The quantitative estimate of drug-likeness (QED) is 0.411. The number of hydrogen-bond acceptors (Lipinski definition) is 2. The molecule has 0 spiro atoms. The average Bonchev–Trinajstić information content (AvgIpc) is 3.00. The summed E-state index contributed by atoms with van der Waals surface area (Å²) in [6.07, 6.45) is 3.17. The number of likely N-dealkylation sites (N-methyl/N-ethyl adjacent to an activating group) is 1. The minimum absolute atomic E-state index is 0. The van der Waals surface area contributed by atoms with E-state index >= 15 is 0 Å². The normalized spacial score (nSPS) is 18.6. The van der Waals surface area contributed by atoms with Crippen LogP contribution in [0.4, 0.5) is 4.39 Å². The lowest BCUT2D eigenvalue weighted by Gasteiger charge is -2.24. The van der Waals surface area contributed by atoms with Gasteiger partial charge < -0.3 is 10.6 Å². The van der Waals surface area contributed by atoms with Crippen molar-refractivity contribution in [2.75, 3.05) is 33.2 Å². The first-order chi connectivity index (χ1) is 10.7. The highest BCUT2D eigenvalue weighted by Crippen LogP contribution is 2.15. The zero-order chi connectivity index (χ0) is 15.8.